The highest BCUT2D eigenvalue weighted by atomic mass is 19.1. The minimum atomic E-state index is -0.394. The first-order chi connectivity index (χ1) is 12.2. The molecule has 0 saturated carbocycles. The molecule has 26 heavy (non-hydrogen) atoms. The highest BCUT2D eigenvalue weighted by molar-refractivity contribution is 6.05. The van der Waals surface area contributed by atoms with Gasteiger partial charge in [-0.1, -0.05) is 0 Å². The van der Waals surface area contributed by atoms with Gasteiger partial charge in [0.05, 0.1) is 5.69 Å². The number of anilines is 1. The van der Waals surface area contributed by atoms with E-state index in [1.165, 1.54) is 24.3 Å². The Bertz CT molecular complexity index is 834. The topological polar surface area (TPSA) is 76.0 Å². The van der Waals surface area contributed by atoms with Crippen LogP contribution in [0.5, 0.6) is 0 Å². The van der Waals surface area contributed by atoms with Crippen LogP contribution in [0.2, 0.25) is 0 Å². The number of hydrogen-bond donors (Lipinski definition) is 2. The van der Waals surface area contributed by atoms with Crippen LogP contribution in [0.25, 0.3) is 0 Å². The molecule has 0 aliphatic carbocycles. The molecular weight excluding hydrogens is 335 g/mol. The number of imidazole rings is 1. The minimum absolute atomic E-state index is 0.257. The molecule has 7 heteroatoms. The second-order valence-corrected chi connectivity index (χ2v) is 7.50. The van der Waals surface area contributed by atoms with Gasteiger partial charge >= 0.3 is 0 Å². The smallest absolute Gasteiger partial charge is 0.287 e. The summed E-state index contributed by atoms with van der Waals surface area (Å²) in [5.74, 6) is -0.791. The number of carbonyl (C=O) groups excluding carboxylic acids is 2. The summed E-state index contributed by atoms with van der Waals surface area (Å²) in [6.45, 7) is 6.35. The lowest BCUT2D eigenvalue weighted by Crippen LogP contribution is -2.42. The van der Waals surface area contributed by atoms with Gasteiger partial charge in [0.15, 0.2) is 11.5 Å². The standard InChI is InChI=1S/C19H23FN4O2/c1-19(2,3)23-18(26)16-22-15(14-6-4-5-11-24(14)16)17(25)21-13-9-7-12(20)8-10-13/h7-10H,4-6,11H2,1-3H3,(H,21,25)(H,23,26). The molecule has 2 aromatic rings. The molecule has 6 nitrogen and oxygen atoms in total. The fourth-order valence-electron chi connectivity index (χ4n) is 3.02. The number of halogens is 1. The third-order valence-corrected chi connectivity index (χ3v) is 4.13. The number of nitrogens with one attached hydrogen (secondary N) is 2. The van der Waals surface area contributed by atoms with Crippen LogP contribution in [0.3, 0.4) is 0 Å². The molecule has 1 aliphatic heterocycles. The van der Waals surface area contributed by atoms with E-state index in [-0.39, 0.29) is 23.2 Å². The number of carbonyl (C=O) groups is 2. The van der Waals surface area contributed by atoms with Gasteiger partial charge in [0.25, 0.3) is 11.8 Å². The van der Waals surface area contributed by atoms with Gasteiger partial charge < -0.3 is 15.2 Å². The predicted octanol–water partition coefficient (Wildman–Crippen LogP) is 3.14. The van der Waals surface area contributed by atoms with Crippen LogP contribution in [0.1, 0.15) is 60.4 Å². The van der Waals surface area contributed by atoms with E-state index in [1.807, 2.05) is 25.3 Å². The number of rotatable bonds is 3. The largest absolute Gasteiger partial charge is 0.345 e. The lowest BCUT2D eigenvalue weighted by molar-refractivity contribution is 0.0903. The maximum absolute atomic E-state index is 13.0. The van der Waals surface area contributed by atoms with Crippen LogP contribution in [-0.2, 0) is 13.0 Å². The molecule has 138 valence electrons. The van der Waals surface area contributed by atoms with Crippen molar-refractivity contribution in [1.82, 2.24) is 14.9 Å². The first kappa shape index (κ1) is 18.1. The molecule has 2 N–H and O–H groups in total. The molecule has 3 rings (SSSR count). The summed E-state index contributed by atoms with van der Waals surface area (Å²) in [5.41, 5.74) is 1.12. The van der Waals surface area contributed by atoms with E-state index in [2.05, 4.69) is 15.6 Å². The Morgan fingerprint density at radius 1 is 1.12 bits per heavy atom. The first-order valence-electron chi connectivity index (χ1n) is 8.73. The van der Waals surface area contributed by atoms with Crippen LogP contribution in [0.15, 0.2) is 24.3 Å². The van der Waals surface area contributed by atoms with Crippen molar-refractivity contribution < 1.29 is 14.0 Å². The molecule has 0 saturated heterocycles. The Labute approximate surface area is 151 Å². The Morgan fingerprint density at radius 3 is 2.46 bits per heavy atom. The normalized spacial score (nSPS) is 13.8. The Balaban J connectivity index is 1.90. The van der Waals surface area contributed by atoms with Gasteiger partial charge in [-0.25, -0.2) is 9.37 Å². The molecule has 0 atom stereocenters. The molecule has 2 amide bonds. The summed E-state index contributed by atoms with van der Waals surface area (Å²) < 4.78 is 14.9. The van der Waals surface area contributed by atoms with Crippen molar-refractivity contribution in [2.24, 2.45) is 0 Å². The lowest BCUT2D eigenvalue weighted by atomic mass is 10.1. The number of amides is 2. The van der Waals surface area contributed by atoms with Crippen LogP contribution < -0.4 is 10.6 Å². The molecule has 1 aromatic carbocycles. The van der Waals surface area contributed by atoms with E-state index in [0.29, 0.717) is 18.7 Å². The highest BCUT2D eigenvalue weighted by Crippen LogP contribution is 2.22. The summed E-state index contributed by atoms with van der Waals surface area (Å²) in [5, 5.41) is 5.62. The van der Waals surface area contributed by atoms with Crippen molar-refractivity contribution in [3.05, 3.63) is 47.3 Å². The van der Waals surface area contributed by atoms with E-state index >= 15 is 0 Å². The van der Waals surface area contributed by atoms with Gasteiger partial charge in [-0.05, 0) is 64.3 Å². The van der Waals surface area contributed by atoms with Crippen molar-refractivity contribution in [1.29, 1.82) is 0 Å². The average Bonchev–Trinajstić information content (AvgIpc) is 2.95. The maximum Gasteiger partial charge on any atom is 0.287 e. The zero-order valence-electron chi connectivity index (χ0n) is 15.2. The van der Waals surface area contributed by atoms with Crippen LogP contribution in [0, 0.1) is 5.82 Å². The molecule has 2 heterocycles. The summed E-state index contributed by atoms with van der Waals surface area (Å²) in [7, 11) is 0. The lowest BCUT2D eigenvalue weighted by Gasteiger charge is -2.22. The van der Waals surface area contributed by atoms with Crippen molar-refractivity contribution in [2.75, 3.05) is 5.32 Å². The zero-order valence-corrected chi connectivity index (χ0v) is 15.2. The predicted molar refractivity (Wildman–Crippen MR) is 96.7 cm³/mol. The molecule has 0 unspecified atom stereocenters. The highest BCUT2D eigenvalue weighted by Gasteiger charge is 2.28. The molecule has 0 bridgehead atoms. The number of nitrogens with zero attached hydrogens (tertiary/aromatic N) is 2. The third-order valence-electron chi connectivity index (χ3n) is 4.13. The summed E-state index contributed by atoms with van der Waals surface area (Å²) in [4.78, 5) is 29.6. The van der Waals surface area contributed by atoms with Gasteiger partial charge in [-0.3, -0.25) is 9.59 Å². The number of aromatic nitrogens is 2. The second kappa shape index (κ2) is 6.90. The van der Waals surface area contributed by atoms with Crippen molar-refractivity contribution in [3.63, 3.8) is 0 Å². The van der Waals surface area contributed by atoms with Crippen LogP contribution in [-0.4, -0.2) is 26.9 Å². The van der Waals surface area contributed by atoms with Gasteiger partial charge in [-0.15, -0.1) is 0 Å². The van der Waals surface area contributed by atoms with E-state index in [4.69, 9.17) is 0 Å². The number of hydrogen-bond acceptors (Lipinski definition) is 3. The Morgan fingerprint density at radius 2 is 1.81 bits per heavy atom. The van der Waals surface area contributed by atoms with Crippen LogP contribution in [0.4, 0.5) is 10.1 Å². The summed E-state index contributed by atoms with van der Waals surface area (Å²) >= 11 is 0. The van der Waals surface area contributed by atoms with Crippen LogP contribution >= 0.6 is 0 Å². The fraction of sp³-hybridized carbons (Fsp3) is 0.421. The van der Waals surface area contributed by atoms with Crippen molar-refractivity contribution in [2.45, 2.75) is 52.1 Å². The van der Waals surface area contributed by atoms with Gasteiger partial charge in [0.1, 0.15) is 5.82 Å². The van der Waals surface area contributed by atoms with Crippen molar-refractivity contribution >= 4 is 17.5 Å². The second-order valence-electron chi connectivity index (χ2n) is 7.50. The molecule has 0 radical (unpaired) electrons. The van der Waals surface area contributed by atoms with E-state index in [9.17, 15) is 14.0 Å². The Hall–Kier alpha value is -2.70. The van der Waals surface area contributed by atoms with E-state index in [0.717, 1.165) is 18.5 Å². The first-order valence-corrected chi connectivity index (χ1v) is 8.73. The van der Waals surface area contributed by atoms with Gasteiger partial charge in [0.2, 0.25) is 0 Å². The number of fused-ring (bicyclic) bond motifs is 1. The molecule has 0 spiro atoms. The molecule has 1 aliphatic rings. The monoisotopic (exact) mass is 358 g/mol. The van der Waals surface area contributed by atoms with Crippen molar-refractivity contribution in [3.8, 4) is 0 Å². The van der Waals surface area contributed by atoms with Gasteiger partial charge in [0, 0.05) is 17.8 Å². The van der Waals surface area contributed by atoms with Gasteiger partial charge in [-0.2, -0.15) is 0 Å². The minimum Gasteiger partial charge on any atom is -0.345 e. The molecule has 0 fully saturated rings. The fourth-order valence-corrected chi connectivity index (χ4v) is 3.02. The SMILES string of the molecule is CC(C)(C)NC(=O)c1nc(C(=O)Nc2ccc(F)cc2)c2n1CCCC2. The maximum atomic E-state index is 13.0. The third kappa shape index (κ3) is 3.92. The zero-order chi connectivity index (χ0) is 18.9. The quantitative estimate of drug-likeness (QED) is 0.885. The van der Waals surface area contributed by atoms with E-state index in [1.54, 1.807) is 0 Å². The summed E-state index contributed by atoms with van der Waals surface area (Å²) in [6, 6.07) is 5.53. The van der Waals surface area contributed by atoms with E-state index < -0.39 is 11.4 Å². The molecular formula is C19H23FN4O2. The summed E-state index contributed by atoms with van der Waals surface area (Å²) in [6.07, 6.45) is 2.59. The average molecular weight is 358 g/mol. The number of benzene rings is 1. The molecule has 1 aromatic heterocycles. The Kier molecular flexibility index (Phi) is 4.80.